The number of nitrogens with one attached hydrogen (secondary N) is 1. The fourth-order valence-corrected chi connectivity index (χ4v) is 3.61. The average molecular weight is 436 g/mol. The van der Waals surface area contributed by atoms with Crippen LogP contribution in [0.1, 0.15) is 41.6 Å². The van der Waals surface area contributed by atoms with Crippen molar-refractivity contribution in [2.24, 2.45) is 0 Å². The van der Waals surface area contributed by atoms with Crippen LogP contribution in [0.4, 0.5) is 5.69 Å². The fourth-order valence-electron chi connectivity index (χ4n) is 3.42. The lowest BCUT2D eigenvalue weighted by Gasteiger charge is -2.08. The van der Waals surface area contributed by atoms with Crippen LogP contribution in [0, 0.1) is 6.92 Å². The Bertz CT molecular complexity index is 1270. The third-order valence-corrected chi connectivity index (χ3v) is 5.25. The third-order valence-electron chi connectivity index (χ3n) is 5.02. The Morgan fingerprint density at radius 3 is 2.52 bits per heavy atom. The number of benzene rings is 2. The number of hydrogen-bond donors (Lipinski definition) is 1. The highest BCUT2D eigenvalue weighted by Gasteiger charge is 2.23. The third kappa shape index (κ3) is 3.96. The van der Waals surface area contributed by atoms with E-state index in [0.717, 1.165) is 16.8 Å². The lowest BCUT2D eigenvalue weighted by molar-refractivity contribution is 0.102. The van der Waals surface area contributed by atoms with Crippen LogP contribution < -0.4 is 10.1 Å². The van der Waals surface area contributed by atoms with Crippen LogP contribution in [0.3, 0.4) is 0 Å². The molecule has 158 valence electrons. The van der Waals surface area contributed by atoms with E-state index >= 15 is 0 Å². The molecular weight excluding hydrogens is 414 g/mol. The molecule has 2 aromatic heterocycles. The van der Waals surface area contributed by atoms with Crippen molar-refractivity contribution in [2.45, 2.75) is 26.7 Å². The maximum Gasteiger partial charge on any atom is 0.278 e. The SMILES string of the molecule is COc1ccc(NC(=O)c2nnc3c(-c4cccc(Cl)c4)c(C(C)C)nn3c2C)cc1. The number of rotatable bonds is 5. The number of methoxy groups -OCH3 is 1. The van der Waals surface area contributed by atoms with Gasteiger partial charge >= 0.3 is 0 Å². The highest BCUT2D eigenvalue weighted by molar-refractivity contribution is 6.30. The Balaban J connectivity index is 1.77. The molecule has 2 aromatic carbocycles. The van der Waals surface area contributed by atoms with Gasteiger partial charge in [-0.2, -0.15) is 5.10 Å². The van der Waals surface area contributed by atoms with Crippen LogP contribution in [0.15, 0.2) is 48.5 Å². The number of carbonyl (C=O) groups is 1. The smallest absolute Gasteiger partial charge is 0.278 e. The number of aryl methyl sites for hydroxylation is 1. The van der Waals surface area contributed by atoms with Gasteiger partial charge in [-0.1, -0.05) is 37.6 Å². The Labute approximate surface area is 185 Å². The van der Waals surface area contributed by atoms with E-state index in [9.17, 15) is 4.79 Å². The Morgan fingerprint density at radius 2 is 1.87 bits per heavy atom. The number of ether oxygens (including phenoxy) is 1. The summed E-state index contributed by atoms with van der Waals surface area (Å²) < 4.78 is 6.83. The molecule has 0 unspecified atom stereocenters. The molecule has 0 saturated heterocycles. The van der Waals surface area contributed by atoms with E-state index in [1.165, 1.54) is 0 Å². The minimum atomic E-state index is -0.358. The molecular formula is C23H22ClN5O2. The summed E-state index contributed by atoms with van der Waals surface area (Å²) in [5.41, 5.74) is 4.68. The number of fused-ring (bicyclic) bond motifs is 1. The van der Waals surface area contributed by atoms with E-state index in [4.69, 9.17) is 21.4 Å². The summed E-state index contributed by atoms with van der Waals surface area (Å²) in [4.78, 5) is 12.9. The van der Waals surface area contributed by atoms with Crippen LogP contribution >= 0.6 is 11.6 Å². The minimum Gasteiger partial charge on any atom is -0.497 e. The zero-order valence-corrected chi connectivity index (χ0v) is 18.4. The lowest BCUT2D eigenvalue weighted by atomic mass is 10.00. The molecule has 0 bridgehead atoms. The van der Waals surface area contributed by atoms with Gasteiger partial charge in [0.1, 0.15) is 5.75 Å². The van der Waals surface area contributed by atoms with Crippen LogP contribution in [0.5, 0.6) is 5.75 Å². The van der Waals surface area contributed by atoms with Crippen molar-refractivity contribution >= 4 is 28.8 Å². The summed E-state index contributed by atoms with van der Waals surface area (Å²) in [7, 11) is 1.59. The Morgan fingerprint density at radius 1 is 1.13 bits per heavy atom. The Kier molecular flexibility index (Phi) is 5.61. The van der Waals surface area contributed by atoms with Crippen LogP contribution in [-0.4, -0.2) is 32.8 Å². The molecule has 0 radical (unpaired) electrons. The fraction of sp³-hybridized carbons (Fsp3) is 0.217. The first-order valence-corrected chi connectivity index (χ1v) is 10.2. The summed E-state index contributed by atoms with van der Waals surface area (Å²) in [6, 6.07) is 14.6. The predicted molar refractivity (Wildman–Crippen MR) is 121 cm³/mol. The highest BCUT2D eigenvalue weighted by atomic mass is 35.5. The molecule has 1 N–H and O–H groups in total. The molecule has 4 rings (SSSR count). The second kappa shape index (κ2) is 8.35. The molecule has 0 aliphatic heterocycles. The summed E-state index contributed by atoms with van der Waals surface area (Å²) in [6.07, 6.45) is 0. The monoisotopic (exact) mass is 435 g/mol. The number of nitrogens with zero attached hydrogens (tertiary/aromatic N) is 4. The van der Waals surface area contributed by atoms with Gasteiger partial charge in [0.2, 0.25) is 0 Å². The first kappa shape index (κ1) is 20.8. The zero-order valence-electron chi connectivity index (χ0n) is 17.7. The van der Waals surface area contributed by atoms with Gasteiger partial charge in [0.25, 0.3) is 5.91 Å². The van der Waals surface area contributed by atoms with Crippen molar-refractivity contribution in [3.63, 3.8) is 0 Å². The summed E-state index contributed by atoms with van der Waals surface area (Å²) >= 11 is 6.21. The first-order chi connectivity index (χ1) is 14.9. The number of amides is 1. The van der Waals surface area contributed by atoms with E-state index in [2.05, 4.69) is 29.4 Å². The molecule has 0 aliphatic carbocycles. The summed E-state index contributed by atoms with van der Waals surface area (Å²) in [6.45, 7) is 5.94. The summed E-state index contributed by atoms with van der Waals surface area (Å²) in [5, 5.41) is 16.8. The lowest BCUT2D eigenvalue weighted by Crippen LogP contribution is -2.18. The van der Waals surface area contributed by atoms with Gasteiger partial charge in [-0.25, -0.2) is 4.52 Å². The number of carbonyl (C=O) groups excluding carboxylic acids is 1. The van der Waals surface area contributed by atoms with Crippen LogP contribution in [0.2, 0.25) is 5.02 Å². The molecule has 8 heteroatoms. The quantitative estimate of drug-likeness (QED) is 0.469. The number of aromatic nitrogens is 4. The first-order valence-electron chi connectivity index (χ1n) is 9.86. The van der Waals surface area contributed by atoms with Gasteiger partial charge < -0.3 is 10.1 Å². The molecule has 1 amide bonds. The van der Waals surface area contributed by atoms with Crippen LogP contribution in [-0.2, 0) is 0 Å². The second-order valence-electron chi connectivity index (χ2n) is 7.48. The maximum absolute atomic E-state index is 12.9. The largest absolute Gasteiger partial charge is 0.497 e. The van der Waals surface area contributed by atoms with Gasteiger partial charge in [-0.15, -0.1) is 10.2 Å². The Hall–Kier alpha value is -3.45. The molecule has 0 aliphatic rings. The van der Waals surface area contributed by atoms with Crippen molar-refractivity contribution < 1.29 is 9.53 Å². The zero-order chi connectivity index (χ0) is 22.1. The van der Waals surface area contributed by atoms with Crippen molar-refractivity contribution in [3.8, 4) is 16.9 Å². The topological polar surface area (TPSA) is 81.4 Å². The maximum atomic E-state index is 12.9. The molecule has 31 heavy (non-hydrogen) atoms. The van der Waals surface area contributed by atoms with Gasteiger partial charge in [0, 0.05) is 10.7 Å². The molecule has 0 atom stereocenters. The van der Waals surface area contributed by atoms with Gasteiger partial charge in [-0.05, 0) is 54.8 Å². The molecule has 2 heterocycles. The van der Waals surface area contributed by atoms with Gasteiger partial charge in [0.15, 0.2) is 11.3 Å². The summed E-state index contributed by atoms with van der Waals surface area (Å²) in [5.74, 6) is 0.497. The highest BCUT2D eigenvalue weighted by Crippen LogP contribution is 2.33. The van der Waals surface area contributed by atoms with E-state index in [1.807, 2.05) is 31.2 Å². The standard InChI is InChI=1S/C23H22ClN5O2/c1-13(2)20-19(15-6-5-7-16(24)12-15)22-27-26-21(14(3)29(22)28-20)23(30)25-17-8-10-18(31-4)11-9-17/h5-13H,1-4H3,(H,25,30). The molecule has 4 aromatic rings. The molecule has 0 saturated carbocycles. The molecule has 7 nitrogen and oxygen atoms in total. The van der Waals surface area contributed by atoms with E-state index in [-0.39, 0.29) is 17.5 Å². The van der Waals surface area contributed by atoms with Gasteiger partial charge in [-0.3, -0.25) is 4.79 Å². The van der Waals surface area contributed by atoms with Crippen LogP contribution in [0.25, 0.3) is 16.8 Å². The molecule has 0 spiro atoms. The van der Waals surface area contributed by atoms with E-state index < -0.39 is 0 Å². The molecule has 0 fully saturated rings. The van der Waals surface area contributed by atoms with E-state index in [1.54, 1.807) is 35.9 Å². The number of anilines is 1. The van der Waals surface area contributed by atoms with Gasteiger partial charge in [0.05, 0.1) is 24.1 Å². The van der Waals surface area contributed by atoms with Crippen molar-refractivity contribution in [1.29, 1.82) is 0 Å². The number of halogens is 1. The number of hydrogen-bond acceptors (Lipinski definition) is 5. The predicted octanol–water partition coefficient (Wildman–Crippen LogP) is 5.14. The van der Waals surface area contributed by atoms with Crippen molar-refractivity contribution in [1.82, 2.24) is 19.8 Å². The normalized spacial score (nSPS) is 11.2. The van der Waals surface area contributed by atoms with E-state index in [0.29, 0.717) is 27.8 Å². The van der Waals surface area contributed by atoms with Crippen molar-refractivity contribution in [2.75, 3.05) is 12.4 Å². The minimum absolute atomic E-state index is 0.145. The second-order valence-corrected chi connectivity index (χ2v) is 7.91. The van der Waals surface area contributed by atoms with Crippen molar-refractivity contribution in [3.05, 3.63) is 70.6 Å². The average Bonchev–Trinajstić information content (AvgIpc) is 3.15.